The van der Waals surface area contributed by atoms with E-state index in [1.54, 1.807) is 17.8 Å². The van der Waals surface area contributed by atoms with E-state index in [0.717, 1.165) is 36.8 Å². The van der Waals surface area contributed by atoms with Gasteiger partial charge < -0.3 is 5.73 Å². The number of hydrogen-bond donors (Lipinski definition) is 2. The van der Waals surface area contributed by atoms with Gasteiger partial charge in [-0.05, 0) is 38.3 Å². The maximum Gasteiger partial charge on any atom is 0.242 e. The van der Waals surface area contributed by atoms with Crippen molar-refractivity contribution in [1.82, 2.24) is 19.5 Å². The molecule has 3 rings (SSSR count). The molecule has 2 unspecified atom stereocenters. The number of rotatable bonds is 4. The van der Waals surface area contributed by atoms with Crippen LogP contribution in [-0.4, -0.2) is 35.8 Å². The van der Waals surface area contributed by atoms with Crippen molar-refractivity contribution < 1.29 is 8.42 Å². The summed E-state index contributed by atoms with van der Waals surface area (Å²) in [5.41, 5.74) is 7.24. The van der Waals surface area contributed by atoms with E-state index >= 15 is 0 Å². The summed E-state index contributed by atoms with van der Waals surface area (Å²) >= 11 is 0. The fourth-order valence-corrected chi connectivity index (χ4v) is 4.66. The Morgan fingerprint density at radius 3 is 2.87 bits per heavy atom. The van der Waals surface area contributed by atoms with Gasteiger partial charge in [-0.3, -0.25) is 4.68 Å². The summed E-state index contributed by atoms with van der Waals surface area (Å²) in [6.45, 7) is 2.35. The summed E-state index contributed by atoms with van der Waals surface area (Å²) in [6, 6.07) is 1.55. The van der Waals surface area contributed by atoms with E-state index in [9.17, 15) is 8.42 Å². The topological polar surface area (TPSA) is 103 Å². The summed E-state index contributed by atoms with van der Waals surface area (Å²) in [4.78, 5) is 4.44. The SMILES string of the molecule is Cc1nn(C)c2ncc(S(=O)(=O)NC3CCCCC3CN)cc12. The molecular weight excluding hydrogens is 314 g/mol. The monoisotopic (exact) mass is 337 g/mol. The van der Waals surface area contributed by atoms with Gasteiger partial charge >= 0.3 is 0 Å². The molecule has 0 spiro atoms. The van der Waals surface area contributed by atoms with Crippen molar-refractivity contribution in [2.45, 2.75) is 43.5 Å². The Morgan fingerprint density at radius 2 is 2.13 bits per heavy atom. The summed E-state index contributed by atoms with van der Waals surface area (Å²) in [5.74, 6) is 0.204. The number of fused-ring (bicyclic) bond motifs is 1. The van der Waals surface area contributed by atoms with Gasteiger partial charge in [-0.1, -0.05) is 12.8 Å². The van der Waals surface area contributed by atoms with E-state index in [4.69, 9.17) is 5.73 Å². The highest BCUT2D eigenvalue weighted by atomic mass is 32.2. The van der Waals surface area contributed by atoms with Crippen LogP contribution < -0.4 is 10.5 Å². The lowest BCUT2D eigenvalue weighted by Gasteiger charge is -2.30. The lowest BCUT2D eigenvalue weighted by molar-refractivity contribution is 0.296. The number of nitrogens with one attached hydrogen (secondary N) is 1. The number of nitrogens with two attached hydrogens (primary N) is 1. The van der Waals surface area contributed by atoms with E-state index in [-0.39, 0.29) is 16.9 Å². The van der Waals surface area contributed by atoms with Crippen LogP contribution in [0.2, 0.25) is 0 Å². The molecule has 3 N–H and O–H groups in total. The molecule has 1 aliphatic rings. The minimum atomic E-state index is -3.61. The smallest absolute Gasteiger partial charge is 0.242 e. The van der Waals surface area contributed by atoms with E-state index in [1.165, 1.54) is 6.20 Å². The first-order valence-corrected chi connectivity index (χ1v) is 9.42. The van der Waals surface area contributed by atoms with Crippen LogP contribution in [0, 0.1) is 12.8 Å². The van der Waals surface area contributed by atoms with E-state index in [2.05, 4.69) is 14.8 Å². The molecule has 7 nitrogen and oxygen atoms in total. The first-order valence-electron chi connectivity index (χ1n) is 7.94. The Hall–Kier alpha value is -1.51. The average molecular weight is 337 g/mol. The number of pyridine rings is 1. The van der Waals surface area contributed by atoms with Crippen LogP contribution in [0.3, 0.4) is 0 Å². The van der Waals surface area contributed by atoms with Gasteiger partial charge in [0.1, 0.15) is 4.90 Å². The average Bonchev–Trinajstić information content (AvgIpc) is 2.82. The molecule has 0 aromatic carbocycles. The maximum atomic E-state index is 12.7. The first-order chi connectivity index (χ1) is 10.9. The Kier molecular flexibility index (Phi) is 4.39. The minimum Gasteiger partial charge on any atom is -0.330 e. The molecule has 1 aliphatic carbocycles. The summed E-state index contributed by atoms with van der Waals surface area (Å²) in [7, 11) is -1.81. The lowest BCUT2D eigenvalue weighted by Crippen LogP contribution is -2.44. The Balaban J connectivity index is 1.91. The van der Waals surface area contributed by atoms with Crippen LogP contribution in [0.25, 0.3) is 11.0 Å². The van der Waals surface area contributed by atoms with Crippen molar-refractivity contribution in [2.75, 3.05) is 6.54 Å². The number of hydrogen-bond acceptors (Lipinski definition) is 5. The maximum absolute atomic E-state index is 12.7. The molecule has 0 amide bonds. The van der Waals surface area contributed by atoms with Crippen molar-refractivity contribution >= 4 is 21.1 Å². The molecule has 2 aromatic heterocycles. The Labute approximate surface area is 136 Å². The number of aryl methyl sites for hydroxylation is 2. The molecule has 23 heavy (non-hydrogen) atoms. The van der Waals surface area contributed by atoms with Crippen molar-refractivity contribution in [1.29, 1.82) is 0 Å². The molecule has 0 bridgehead atoms. The Bertz CT molecular complexity index is 815. The van der Waals surface area contributed by atoms with Crippen LogP contribution in [0.5, 0.6) is 0 Å². The fraction of sp³-hybridized carbons (Fsp3) is 0.600. The van der Waals surface area contributed by atoms with Crippen molar-refractivity contribution in [3.8, 4) is 0 Å². The molecular formula is C15H23N5O2S. The van der Waals surface area contributed by atoms with Crippen molar-refractivity contribution in [3.63, 3.8) is 0 Å². The van der Waals surface area contributed by atoms with Gasteiger partial charge in [0.05, 0.1) is 5.69 Å². The normalized spacial score (nSPS) is 22.6. The second-order valence-corrected chi connectivity index (χ2v) is 7.97. The third-order valence-electron chi connectivity index (χ3n) is 4.67. The molecule has 0 radical (unpaired) electrons. The summed E-state index contributed by atoms with van der Waals surface area (Å²) < 4.78 is 29.9. The van der Waals surface area contributed by atoms with Gasteiger partial charge in [0, 0.05) is 24.7 Å². The molecule has 8 heteroatoms. The Morgan fingerprint density at radius 1 is 1.39 bits per heavy atom. The van der Waals surface area contributed by atoms with Gasteiger partial charge in [-0.25, -0.2) is 18.1 Å². The molecule has 1 saturated carbocycles. The quantitative estimate of drug-likeness (QED) is 0.869. The van der Waals surface area contributed by atoms with Crippen LogP contribution >= 0.6 is 0 Å². The van der Waals surface area contributed by atoms with E-state index in [1.807, 2.05) is 6.92 Å². The minimum absolute atomic E-state index is 0.0931. The first kappa shape index (κ1) is 16.4. The van der Waals surface area contributed by atoms with Crippen molar-refractivity contribution in [3.05, 3.63) is 18.0 Å². The van der Waals surface area contributed by atoms with Crippen LogP contribution in [0.1, 0.15) is 31.4 Å². The number of aromatic nitrogens is 3. The largest absolute Gasteiger partial charge is 0.330 e. The van der Waals surface area contributed by atoms with Gasteiger partial charge in [-0.2, -0.15) is 5.10 Å². The predicted molar refractivity (Wildman–Crippen MR) is 88.4 cm³/mol. The van der Waals surface area contributed by atoms with Gasteiger partial charge in [0.25, 0.3) is 0 Å². The molecule has 2 atom stereocenters. The molecule has 2 aromatic rings. The summed E-state index contributed by atoms with van der Waals surface area (Å²) in [5, 5.41) is 5.04. The van der Waals surface area contributed by atoms with Crippen molar-refractivity contribution in [2.24, 2.45) is 18.7 Å². The summed E-state index contributed by atoms with van der Waals surface area (Å²) in [6.07, 6.45) is 5.35. The standard InChI is InChI=1S/C15H23N5O2S/c1-10-13-7-12(9-17-15(13)20(2)18-10)23(21,22)19-14-6-4-3-5-11(14)8-16/h7,9,11,14,19H,3-6,8,16H2,1-2H3. The molecule has 0 saturated heterocycles. The number of sulfonamides is 1. The lowest BCUT2D eigenvalue weighted by atomic mass is 9.85. The van der Waals surface area contributed by atoms with Crippen LogP contribution in [-0.2, 0) is 17.1 Å². The zero-order valence-corrected chi connectivity index (χ0v) is 14.3. The number of nitrogens with zero attached hydrogens (tertiary/aromatic N) is 3. The zero-order chi connectivity index (χ0) is 16.6. The second-order valence-electron chi connectivity index (χ2n) is 6.26. The molecule has 1 fully saturated rings. The highest BCUT2D eigenvalue weighted by Gasteiger charge is 2.29. The van der Waals surface area contributed by atoms with E-state index in [0.29, 0.717) is 12.2 Å². The van der Waals surface area contributed by atoms with Crippen LogP contribution in [0.15, 0.2) is 17.2 Å². The van der Waals surface area contributed by atoms with Gasteiger partial charge in [0.15, 0.2) is 5.65 Å². The highest BCUT2D eigenvalue weighted by Crippen LogP contribution is 2.26. The van der Waals surface area contributed by atoms with Crippen LogP contribution in [0.4, 0.5) is 0 Å². The van der Waals surface area contributed by atoms with Gasteiger partial charge in [0.2, 0.25) is 10.0 Å². The molecule has 126 valence electrons. The molecule has 2 heterocycles. The second kappa shape index (κ2) is 6.18. The third-order valence-corrected chi connectivity index (χ3v) is 6.12. The van der Waals surface area contributed by atoms with Gasteiger partial charge in [-0.15, -0.1) is 0 Å². The molecule has 0 aliphatic heterocycles. The fourth-order valence-electron chi connectivity index (χ4n) is 3.35. The highest BCUT2D eigenvalue weighted by molar-refractivity contribution is 7.89. The third kappa shape index (κ3) is 3.11. The predicted octanol–water partition coefficient (Wildman–Crippen LogP) is 1.07. The van der Waals surface area contributed by atoms with E-state index < -0.39 is 10.0 Å². The zero-order valence-electron chi connectivity index (χ0n) is 13.5.